The molecule has 2 fully saturated rings. The molecule has 2 aliphatic heterocycles. The molecule has 6 rings (SSSR count). The summed E-state index contributed by atoms with van der Waals surface area (Å²) in [6.07, 6.45) is 3.93. The zero-order valence-corrected chi connectivity index (χ0v) is 19.3. The maximum Gasteiger partial charge on any atom is 0.162 e. The maximum absolute atomic E-state index is 9.36. The third-order valence-corrected chi connectivity index (χ3v) is 7.67. The molecule has 0 spiro atoms. The number of anilines is 1. The standard InChI is InChI=1S/C25H26N6OS/c26-15-17-13-20-19(5-4-6-21(20)27-17)24-28-22-14-18(16-30-7-2-1-3-8-30)33-23(22)25(29-24)31-9-11-32-12-10-31/h4-6,13-14,27H,1-3,7-12,16H2. The number of benzene rings is 1. The zero-order chi connectivity index (χ0) is 22.2. The Bertz CT molecular complexity index is 1340. The number of thiophene rings is 1. The summed E-state index contributed by atoms with van der Waals surface area (Å²) in [4.78, 5) is 19.5. The molecular weight excluding hydrogens is 432 g/mol. The number of nitrogens with one attached hydrogen (secondary N) is 1. The van der Waals surface area contributed by atoms with E-state index < -0.39 is 0 Å². The van der Waals surface area contributed by atoms with E-state index in [-0.39, 0.29) is 0 Å². The lowest BCUT2D eigenvalue weighted by Gasteiger charge is -2.28. The first-order valence-electron chi connectivity index (χ1n) is 11.7. The third kappa shape index (κ3) is 3.97. The lowest BCUT2D eigenvalue weighted by atomic mass is 10.1. The van der Waals surface area contributed by atoms with Crippen LogP contribution in [0, 0.1) is 11.3 Å². The number of hydrogen-bond donors (Lipinski definition) is 1. The van der Waals surface area contributed by atoms with Gasteiger partial charge in [-0.15, -0.1) is 11.3 Å². The Morgan fingerprint density at radius 2 is 1.91 bits per heavy atom. The van der Waals surface area contributed by atoms with Crippen LogP contribution < -0.4 is 4.90 Å². The Morgan fingerprint density at radius 1 is 1.06 bits per heavy atom. The molecule has 8 heteroatoms. The minimum absolute atomic E-state index is 0.547. The SMILES string of the molecule is N#Cc1cc2c(-c3nc(N4CCOCC4)c4sc(CN5CCCCC5)cc4n3)cccc2[nH]1. The predicted molar refractivity (Wildman–Crippen MR) is 132 cm³/mol. The number of hydrogen-bond acceptors (Lipinski definition) is 7. The Labute approximate surface area is 196 Å². The predicted octanol–water partition coefficient (Wildman–Crippen LogP) is 4.53. The van der Waals surface area contributed by atoms with Crippen LogP contribution in [0.1, 0.15) is 29.8 Å². The minimum Gasteiger partial charge on any atom is -0.378 e. The number of likely N-dealkylation sites (tertiary alicyclic amines) is 1. The molecule has 3 aromatic heterocycles. The second-order valence-electron chi connectivity index (χ2n) is 8.80. The number of aromatic amines is 1. The van der Waals surface area contributed by atoms with Crippen LogP contribution in [0.25, 0.3) is 32.5 Å². The van der Waals surface area contributed by atoms with Gasteiger partial charge in [-0.3, -0.25) is 4.90 Å². The van der Waals surface area contributed by atoms with Crippen molar-refractivity contribution in [3.05, 3.63) is 40.9 Å². The average Bonchev–Trinajstić information content (AvgIpc) is 3.47. The van der Waals surface area contributed by atoms with Crippen LogP contribution in [0.4, 0.5) is 5.82 Å². The molecule has 0 radical (unpaired) electrons. The summed E-state index contributed by atoms with van der Waals surface area (Å²) in [5.74, 6) is 1.71. The van der Waals surface area contributed by atoms with E-state index in [0.717, 1.165) is 52.1 Å². The number of nitrogens with zero attached hydrogens (tertiary/aromatic N) is 5. The van der Waals surface area contributed by atoms with E-state index in [2.05, 4.69) is 26.9 Å². The highest BCUT2D eigenvalue weighted by atomic mass is 32.1. The van der Waals surface area contributed by atoms with Crippen LogP contribution in [0.15, 0.2) is 30.3 Å². The third-order valence-electron chi connectivity index (χ3n) is 6.57. The van der Waals surface area contributed by atoms with Gasteiger partial charge in [-0.1, -0.05) is 18.6 Å². The first kappa shape index (κ1) is 20.6. The van der Waals surface area contributed by atoms with E-state index >= 15 is 0 Å². The van der Waals surface area contributed by atoms with Crippen LogP contribution >= 0.6 is 11.3 Å². The Morgan fingerprint density at radius 3 is 2.73 bits per heavy atom. The number of H-pyrrole nitrogens is 1. The molecule has 33 heavy (non-hydrogen) atoms. The average molecular weight is 459 g/mol. The van der Waals surface area contributed by atoms with Crippen molar-refractivity contribution >= 4 is 38.3 Å². The van der Waals surface area contributed by atoms with Crippen molar-refractivity contribution in [1.29, 1.82) is 5.26 Å². The number of nitriles is 1. The molecule has 0 bridgehead atoms. The van der Waals surface area contributed by atoms with E-state index in [1.54, 1.807) is 0 Å². The van der Waals surface area contributed by atoms with E-state index in [1.807, 2.05) is 35.6 Å². The zero-order valence-electron chi connectivity index (χ0n) is 18.5. The van der Waals surface area contributed by atoms with Gasteiger partial charge in [0.1, 0.15) is 11.8 Å². The van der Waals surface area contributed by atoms with Gasteiger partial charge in [0.15, 0.2) is 11.6 Å². The molecular formula is C25H26N6OS. The number of fused-ring (bicyclic) bond motifs is 2. The monoisotopic (exact) mass is 458 g/mol. The second-order valence-corrected chi connectivity index (χ2v) is 9.93. The summed E-state index contributed by atoms with van der Waals surface area (Å²) in [6.45, 7) is 6.43. The topological polar surface area (TPSA) is 81.1 Å². The molecule has 0 amide bonds. The summed E-state index contributed by atoms with van der Waals surface area (Å²) in [6, 6.07) is 12.4. The Hall–Kier alpha value is -2.99. The summed E-state index contributed by atoms with van der Waals surface area (Å²) in [7, 11) is 0. The maximum atomic E-state index is 9.36. The molecule has 2 aliphatic rings. The van der Waals surface area contributed by atoms with Gasteiger partial charge in [0.25, 0.3) is 0 Å². The normalized spacial score (nSPS) is 17.6. The largest absolute Gasteiger partial charge is 0.378 e. The molecule has 2 saturated heterocycles. The van der Waals surface area contributed by atoms with Gasteiger partial charge >= 0.3 is 0 Å². The summed E-state index contributed by atoms with van der Waals surface area (Å²) in [5.41, 5.74) is 3.43. The van der Waals surface area contributed by atoms with Gasteiger partial charge in [-0.25, -0.2) is 9.97 Å². The molecule has 4 aromatic rings. The highest BCUT2D eigenvalue weighted by molar-refractivity contribution is 7.19. The van der Waals surface area contributed by atoms with E-state index in [9.17, 15) is 5.26 Å². The number of aromatic nitrogens is 3. The van der Waals surface area contributed by atoms with Crippen LogP contribution in [-0.4, -0.2) is 59.2 Å². The lowest BCUT2D eigenvalue weighted by Crippen LogP contribution is -2.36. The molecule has 7 nitrogen and oxygen atoms in total. The molecule has 0 unspecified atom stereocenters. The van der Waals surface area contributed by atoms with Gasteiger partial charge in [0.2, 0.25) is 0 Å². The molecule has 168 valence electrons. The highest BCUT2D eigenvalue weighted by Crippen LogP contribution is 2.36. The Balaban J connectivity index is 1.47. The molecule has 5 heterocycles. The van der Waals surface area contributed by atoms with Crippen molar-refractivity contribution in [2.75, 3.05) is 44.3 Å². The van der Waals surface area contributed by atoms with Gasteiger partial charge in [0, 0.05) is 41.0 Å². The summed E-state index contributed by atoms with van der Waals surface area (Å²) < 4.78 is 6.76. The second kappa shape index (κ2) is 8.75. The van der Waals surface area contributed by atoms with Gasteiger partial charge in [-0.2, -0.15) is 5.26 Å². The quantitative estimate of drug-likeness (QED) is 0.484. The number of rotatable bonds is 4. The van der Waals surface area contributed by atoms with Crippen molar-refractivity contribution in [2.45, 2.75) is 25.8 Å². The van der Waals surface area contributed by atoms with Crippen LogP contribution in [0.2, 0.25) is 0 Å². The lowest BCUT2D eigenvalue weighted by molar-refractivity contribution is 0.122. The van der Waals surface area contributed by atoms with Crippen LogP contribution in [0.3, 0.4) is 0 Å². The number of piperidine rings is 1. The van der Waals surface area contributed by atoms with E-state index in [0.29, 0.717) is 24.7 Å². The first-order valence-corrected chi connectivity index (χ1v) is 12.5. The van der Waals surface area contributed by atoms with Gasteiger partial charge in [0.05, 0.1) is 23.4 Å². The van der Waals surface area contributed by atoms with Crippen LogP contribution in [0.5, 0.6) is 0 Å². The van der Waals surface area contributed by atoms with Crippen molar-refractivity contribution in [2.24, 2.45) is 0 Å². The molecule has 0 saturated carbocycles. The van der Waals surface area contributed by atoms with Gasteiger partial charge < -0.3 is 14.6 Å². The highest BCUT2D eigenvalue weighted by Gasteiger charge is 2.22. The van der Waals surface area contributed by atoms with Gasteiger partial charge in [-0.05, 0) is 44.1 Å². The van der Waals surface area contributed by atoms with E-state index in [1.165, 1.54) is 37.2 Å². The van der Waals surface area contributed by atoms with Crippen LogP contribution in [-0.2, 0) is 11.3 Å². The van der Waals surface area contributed by atoms with Crippen molar-refractivity contribution in [3.63, 3.8) is 0 Å². The fourth-order valence-electron chi connectivity index (χ4n) is 4.90. The molecule has 1 N–H and O–H groups in total. The van der Waals surface area contributed by atoms with Crippen molar-refractivity contribution in [1.82, 2.24) is 19.9 Å². The first-order chi connectivity index (χ1) is 16.3. The number of morpholine rings is 1. The van der Waals surface area contributed by atoms with Crippen molar-refractivity contribution in [3.8, 4) is 17.5 Å². The van der Waals surface area contributed by atoms with E-state index in [4.69, 9.17) is 14.7 Å². The molecule has 0 aliphatic carbocycles. The molecule has 0 atom stereocenters. The van der Waals surface area contributed by atoms with Crippen molar-refractivity contribution < 1.29 is 4.74 Å². The molecule has 1 aromatic carbocycles. The summed E-state index contributed by atoms with van der Waals surface area (Å²) >= 11 is 1.83. The minimum atomic E-state index is 0.547. The Kier molecular flexibility index (Phi) is 5.46. The fraction of sp³-hybridized carbons (Fsp3) is 0.400. The summed E-state index contributed by atoms with van der Waals surface area (Å²) in [5, 5.41) is 10.3. The number of ether oxygens (including phenoxy) is 1. The fourth-order valence-corrected chi connectivity index (χ4v) is 6.06. The smallest absolute Gasteiger partial charge is 0.162 e.